The van der Waals surface area contributed by atoms with Crippen molar-refractivity contribution in [3.63, 3.8) is 0 Å². The van der Waals surface area contributed by atoms with E-state index in [4.69, 9.17) is 9.72 Å². The lowest BCUT2D eigenvalue weighted by Gasteiger charge is -2.33. The molecule has 5 rings (SSSR count). The van der Waals surface area contributed by atoms with Crippen LogP contribution >= 0.6 is 11.3 Å². The molecule has 3 aromatic carbocycles. The maximum Gasteiger partial charge on any atom is 0.268 e. The van der Waals surface area contributed by atoms with Gasteiger partial charge < -0.3 is 10.1 Å². The molecule has 0 fully saturated rings. The van der Waals surface area contributed by atoms with E-state index in [2.05, 4.69) is 5.32 Å². The maximum atomic E-state index is 13.1. The molecule has 36 heavy (non-hydrogen) atoms. The summed E-state index contributed by atoms with van der Waals surface area (Å²) in [4.78, 5) is 32.5. The highest BCUT2D eigenvalue weighted by Crippen LogP contribution is 2.38. The van der Waals surface area contributed by atoms with Gasteiger partial charge in [0.25, 0.3) is 5.91 Å². The first-order chi connectivity index (χ1) is 17.3. The number of benzene rings is 3. The first-order valence-electron chi connectivity index (χ1n) is 11.8. The Morgan fingerprint density at radius 3 is 2.47 bits per heavy atom. The largest absolute Gasteiger partial charge is 0.479 e. The first-order valence-corrected chi connectivity index (χ1v) is 12.7. The monoisotopic (exact) mass is 497 g/mol. The number of fused-ring (bicyclic) bond motifs is 1. The van der Waals surface area contributed by atoms with Crippen LogP contribution in [0, 0.1) is 20.8 Å². The average molecular weight is 498 g/mol. The lowest BCUT2D eigenvalue weighted by Crippen LogP contribution is -2.47. The standard InChI is InChI=1S/C29H27N3O3S/c1-17-12-18(2)27(19(3)13-17)31-26(33)15-32-24-14-22(10-11-25(24)35-20(4)29(32)34)23-16-36-28(30-23)21-8-6-5-7-9-21/h5-14,16,20H,15H2,1-4H3,(H,31,33). The Kier molecular flexibility index (Phi) is 6.33. The van der Waals surface area contributed by atoms with Crippen molar-refractivity contribution < 1.29 is 14.3 Å². The van der Waals surface area contributed by atoms with E-state index in [1.54, 1.807) is 18.3 Å². The van der Waals surface area contributed by atoms with Gasteiger partial charge in [-0.1, -0.05) is 48.0 Å². The molecule has 0 saturated heterocycles. The second-order valence-electron chi connectivity index (χ2n) is 9.09. The van der Waals surface area contributed by atoms with Gasteiger partial charge in [-0.25, -0.2) is 4.98 Å². The maximum absolute atomic E-state index is 13.1. The number of ether oxygens (including phenoxy) is 1. The van der Waals surface area contributed by atoms with Gasteiger partial charge >= 0.3 is 0 Å². The van der Waals surface area contributed by atoms with Gasteiger partial charge in [0, 0.05) is 22.2 Å². The number of hydrogen-bond acceptors (Lipinski definition) is 5. The van der Waals surface area contributed by atoms with E-state index in [0.717, 1.165) is 44.2 Å². The fourth-order valence-electron chi connectivity index (χ4n) is 4.55. The van der Waals surface area contributed by atoms with Gasteiger partial charge in [-0.15, -0.1) is 11.3 Å². The number of thiazole rings is 1. The van der Waals surface area contributed by atoms with Crippen LogP contribution in [-0.4, -0.2) is 29.4 Å². The Bertz CT molecular complexity index is 1440. The molecule has 1 aliphatic heterocycles. The molecule has 2 heterocycles. The number of aromatic nitrogens is 1. The Hall–Kier alpha value is -3.97. The van der Waals surface area contributed by atoms with Gasteiger partial charge in [0.2, 0.25) is 5.91 Å². The minimum atomic E-state index is -0.678. The molecular weight excluding hydrogens is 470 g/mol. The summed E-state index contributed by atoms with van der Waals surface area (Å²) in [6, 6.07) is 19.7. The smallest absolute Gasteiger partial charge is 0.268 e. The van der Waals surface area contributed by atoms with Crippen LogP contribution in [0.2, 0.25) is 0 Å². The third kappa shape index (κ3) is 4.62. The van der Waals surface area contributed by atoms with E-state index in [0.29, 0.717) is 11.4 Å². The summed E-state index contributed by atoms with van der Waals surface area (Å²) >= 11 is 1.57. The van der Waals surface area contributed by atoms with E-state index in [1.165, 1.54) is 4.90 Å². The summed E-state index contributed by atoms with van der Waals surface area (Å²) in [7, 11) is 0. The third-order valence-corrected chi connectivity index (χ3v) is 7.12. The van der Waals surface area contributed by atoms with E-state index in [1.807, 2.05) is 86.8 Å². The number of nitrogens with zero attached hydrogens (tertiary/aromatic N) is 2. The van der Waals surface area contributed by atoms with Gasteiger partial charge in [-0.05, 0) is 57.0 Å². The zero-order valence-corrected chi connectivity index (χ0v) is 21.5. The van der Waals surface area contributed by atoms with Crippen molar-refractivity contribution in [2.75, 3.05) is 16.8 Å². The summed E-state index contributed by atoms with van der Waals surface area (Å²) in [5, 5.41) is 5.92. The molecule has 1 N–H and O–H groups in total. The topological polar surface area (TPSA) is 71.5 Å². The number of anilines is 2. The summed E-state index contributed by atoms with van der Waals surface area (Å²) in [5.41, 5.74) is 7.18. The van der Waals surface area contributed by atoms with E-state index in [-0.39, 0.29) is 18.4 Å². The Balaban J connectivity index is 1.43. The lowest BCUT2D eigenvalue weighted by molar-refractivity contribution is -0.127. The molecule has 4 aromatic rings. The van der Waals surface area contributed by atoms with Crippen molar-refractivity contribution in [1.82, 2.24) is 4.98 Å². The Morgan fingerprint density at radius 2 is 1.75 bits per heavy atom. The molecule has 0 bridgehead atoms. The molecule has 1 aromatic heterocycles. The molecule has 6 nitrogen and oxygen atoms in total. The van der Waals surface area contributed by atoms with Crippen LogP contribution in [0.3, 0.4) is 0 Å². The fourth-order valence-corrected chi connectivity index (χ4v) is 5.38. The molecule has 7 heteroatoms. The van der Waals surface area contributed by atoms with Gasteiger partial charge in [0.05, 0.1) is 11.4 Å². The van der Waals surface area contributed by atoms with Crippen LogP contribution in [0.4, 0.5) is 11.4 Å². The predicted molar refractivity (Wildman–Crippen MR) is 145 cm³/mol. The van der Waals surface area contributed by atoms with Gasteiger partial charge in [0.15, 0.2) is 6.10 Å². The summed E-state index contributed by atoms with van der Waals surface area (Å²) in [6.07, 6.45) is -0.678. The minimum Gasteiger partial charge on any atom is -0.479 e. The number of amides is 2. The normalized spacial score (nSPS) is 14.8. The van der Waals surface area contributed by atoms with Crippen LogP contribution in [-0.2, 0) is 9.59 Å². The fraction of sp³-hybridized carbons (Fsp3) is 0.207. The van der Waals surface area contributed by atoms with Crippen LogP contribution in [0.1, 0.15) is 23.6 Å². The quantitative estimate of drug-likeness (QED) is 0.359. The van der Waals surface area contributed by atoms with Crippen LogP contribution in [0.25, 0.3) is 21.8 Å². The number of nitrogens with one attached hydrogen (secondary N) is 1. The van der Waals surface area contributed by atoms with Crippen molar-refractivity contribution in [3.05, 3.63) is 82.7 Å². The number of hydrogen-bond donors (Lipinski definition) is 1. The molecule has 1 unspecified atom stereocenters. The predicted octanol–water partition coefficient (Wildman–Crippen LogP) is 6.15. The molecular formula is C29H27N3O3S. The van der Waals surface area contributed by atoms with Crippen molar-refractivity contribution in [2.45, 2.75) is 33.8 Å². The van der Waals surface area contributed by atoms with E-state index < -0.39 is 6.10 Å². The third-order valence-electron chi connectivity index (χ3n) is 6.23. The highest BCUT2D eigenvalue weighted by atomic mass is 32.1. The van der Waals surface area contributed by atoms with E-state index >= 15 is 0 Å². The number of rotatable bonds is 5. The summed E-state index contributed by atoms with van der Waals surface area (Å²) in [5.74, 6) is 0.0548. The number of carbonyl (C=O) groups is 2. The van der Waals surface area contributed by atoms with Gasteiger partial charge in [-0.3, -0.25) is 14.5 Å². The number of aryl methyl sites for hydroxylation is 3. The molecule has 2 amide bonds. The second kappa shape index (κ2) is 9.59. The molecule has 0 aliphatic carbocycles. The van der Waals surface area contributed by atoms with Crippen molar-refractivity contribution >= 4 is 34.5 Å². The Morgan fingerprint density at radius 1 is 1.03 bits per heavy atom. The molecule has 1 aliphatic rings. The Labute approximate surface area is 214 Å². The average Bonchev–Trinajstić information content (AvgIpc) is 3.35. The highest BCUT2D eigenvalue weighted by Gasteiger charge is 2.33. The van der Waals surface area contributed by atoms with Crippen molar-refractivity contribution in [2.24, 2.45) is 0 Å². The summed E-state index contributed by atoms with van der Waals surface area (Å²) in [6.45, 7) is 7.56. The van der Waals surface area contributed by atoms with Crippen molar-refractivity contribution in [1.29, 1.82) is 0 Å². The lowest BCUT2D eigenvalue weighted by atomic mass is 10.0. The SMILES string of the molecule is Cc1cc(C)c(NC(=O)CN2C(=O)C(C)Oc3ccc(-c4csc(-c5ccccc5)n4)cc32)c(C)c1. The minimum absolute atomic E-state index is 0.109. The van der Waals surface area contributed by atoms with Crippen LogP contribution < -0.4 is 15.0 Å². The summed E-state index contributed by atoms with van der Waals surface area (Å²) < 4.78 is 5.85. The molecule has 0 radical (unpaired) electrons. The van der Waals surface area contributed by atoms with Gasteiger partial charge in [-0.2, -0.15) is 0 Å². The molecule has 0 spiro atoms. The number of carbonyl (C=O) groups excluding carboxylic acids is 2. The van der Waals surface area contributed by atoms with Crippen LogP contribution in [0.15, 0.2) is 66.0 Å². The van der Waals surface area contributed by atoms with Gasteiger partial charge in [0.1, 0.15) is 17.3 Å². The second-order valence-corrected chi connectivity index (χ2v) is 9.95. The zero-order chi connectivity index (χ0) is 25.4. The van der Waals surface area contributed by atoms with E-state index in [9.17, 15) is 9.59 Å². The first kappa shape index (κ1) is 23.8. The van der Waals surface area contributed by atoms with Crippen molar-refractivity contribution in [3.8, 4) is 27.6 Å². The zero-order valence-electron chi connectivity index (χ0n) is 20.7. The molecule has 0 saturated carbocycles. The van der Waals surface area contributed by atoms with Crippen LogP contribution in [0.5, 0.6) is 5.75 Å². The molecule has 1 atom stereocenters. The molecule has 182 valence electrons. The highest BCUT2D eigenvalue weighted by molar-refractivity contribution is 7.13.